The van der Waals surface area contributed by atoms with E-state index in [1.54, 1.807) is 30.3 Å². The van der Waals surface area contributed by atoms with Gasteiger partial charge in [-0.05, 0) is 30.7 Å². The van der Waals surface area contributed by atoms with Gasteiger partial charge >= 0.3 is 0 Å². The monoisotopic (exact) mass is 344 g/mol. The summed E-state index contributed by atoms with van der Waals surface area (Å²) in [6.07, 6.45) is -0.734. The highest BCUT2D eigenvalue weighted by atomic mass is 35.5. The maximum atomic E-state index is 12.9. The number of nitrogens with one attached hydrogen (secondary N) is 1. The number of nitrogens with zero attached hydrogens (tertiary/aromatic N) is 1. The van der Waals surface area contributed by atoms with Crippen LogP contribution in [0.5, 0.6) is 0 Å². The van der Waals surface area contributed by atoms with Crippen LogP contribution in [0.3, 0.4) is 0 Å². The molecule has 1 heterocycles. The van der Waals surface area contributed by atoms with Crippen LogP contribution < -0.4 is 10.2 Å². The summed E-state index contributed by atoms with van der Waals surface area (Å²) in [5, 5.41) is 12.6. The van der Waals surface area contributed by atoms with Crippen LogP contribution in [-0.4, -0.2) is 35.4 Å². The van der Waals surface area contributed by atoms with E-state index in [4.69, 9.17) is 11.6 Å². The Morgan fingerprint density at radius 2 is 1.88 bits per heavy atom. The largest absolute Gasteiger partial charge is 0.390 e. The maximum Gasteiger partial charge on any atom is 0.268 e. The van der Waals surface area contributed by atoms with Crippen LogP contribution in [0.4, 0.5) is 11.4 Å². The number of para-hydroxylation sites is 1. The number of anilines is 2. The number of carbonyl (C=O) groups excluding carboxylic acids is 2. The third kappa shape index (κ3) is 2.77. The summed E-state index contributed by atoms with van der Waals surface area (Å²) < 4.78 is 0. The maximum absolute atomic E-state index is 12.9. The molecule has 2 N–H and O–H groups in total. The minimum Gasteiger partial charge on any atom is -0.390 e. The molecule has 0 saturated carbocycles. The molecule has 24 heavy (non-hydrogen) atoms. The van der Waals surface area contributed by atoms with Gasteiger partial charge < -0.3 is 10.4 Å². The van der Waals surface area contributed by atoms with E-state index in [9.17, 15) is 14.7 Å². The molecule has 1 atom stereocenters. The lowest BCUT2D eigenvalue weighted by atomic mass is 10.1. The molecule has 0 aliphatic carbocycles. The van der Waals surface area contributed by atoms with Crippen LogP contribution >= 0.6 is 11.6 Å². The number of hydrogen-bond donors (Lipinski definition) is 2. The minimum absolute atomic E-state index is 0.0875. The van der Waals surface area contributed by atoms with Crippen LogP contribution in [0.15, 0.2) is 42.5 Å². The number of aliphatic hydroxyl groups is 1. The summed E-state index contributed by atoms with van der Waals surface area (Å²) in [7, 11) is 0. The van der Waals surface area contributed by atoms with Crippen LogP contribution in [0.1, 0.15) is 26.3 Å². The van der Waals surface area contributed by atoms with E-state index in [1.165, 1.54) is 4.90 Å². The highest BCUT2D eigenvalue weighted by molar-refractivity contribution is 6.36. The molecule has 1 unspecified atom stereocenters. The second-order valence-corrected chi connectivity index (χ2v) is 5.96. The van der Waals surface area contributed by atoms with Gasteiger partial charge in [0.1, 0.15) is 0 Å². The summed E-state index contributed by atoms with van der Waals surface area (Å²) in [5.41, 5.74) is 2.63. The third-order valence-corrected chi connectivity index (χ3v) is 4.33. The first-order valence-electron chi connectivity index (χ1n) is 7.60. The van der Waals surface area contributed by atoms with Gasteiger partial charge in [0.15, 0.2) is 0 Å². The zero-order valence-electron chi connectivity index (χ0n) is 13.1. The molecule has 6 heteroatoms. The lowest BCUT2D eigenvalue weighted by Gasteiger charge is -2.16. The van der Waals surface area contributed by atoms with Crippen LogP contribution in [0.25, 0.3) is 0 Å². The fourth-order valence-corrected chi connectivity index (χ4v) is 2.86. The number of carbonyl (C=O) groups is 2. The molecule has 0 bridgehead atoms. The summed E-state index contributed by atoms with van der Waals surface area (Å²) in [6.45, 7) is 2.06. The fourth-order valence-electron chi connectivity index (χ4n) is 2.75. The number of rotatable bonds is 5. The number of benzene rings is 2. The Bertz CT molecular complexity index is 807. The molecule has 0 aromatic heterocycles. The van der Waals surface area contributed by atoms with Crippen molar-refractivity contribution in [3.05, 3.63) is 59.2 Å². The van der Waals surface area contributed by atoms with E-state index >= 15 is 0 Å². The van der Waals surface area contributed by atoms with E-state index in [-0.39, 0.29) is 24.2 Å². The predicted octanol–water partition coefficient (Wildman–Crippen LogP) is 2.81. The van der Waals surface area contributed by atoms with Crippen molar-refractivity contribution in [2.24, 2.45) is 0 Å². The van der Waals surface area contributed by atoms with E-state index in [2.05, 4.69) is 5.32 Å². The average molecular weight is 345 g/mol. The Balaban J connectivity index is 1.99. The van der Waals surface area contributed by atoms with Crippen molar-refractivity contribution >= 4 is 34.8 Å². The smallest absolute Gasteiger partial charge is 0.268 e. The molecule has 1 aliphatic heterocycles. The number of halogens is 1. The highest BCUT2D eigenvalue weighted by Gasteiger charge is 2.39. The van der Waals surface area contributed by atoms with Gasteiger partial charge in [-0.25, -0.2) is 4.90 Å². The van der Waals surface area contributed by atoms with Gasteiger partial charge in [0.25, 0.3) is 11.8 Å². The van der Waals surface area contributed by atoms with Gasteiger partial charge in [-0.3, -0.25) is 9.59 Å². The number of alkyl halides is 1. The topological polar surface area (TPSA) is 69.6 Å². The van der Waals surface area contributed by atoms with E-state index in [0.717, 1.165) is 5.56 Å². The molecular weight excluding hydrogens is 328 g/mol. The standard InChI is InChI=1S/C18H17ClN2O3/c1-11-5-2-3-8-15(11)21-17(23)13-6-4-7-14(16(13)18(21)24)20-10-12(22)9-19/h2-8,12,20,22H,9-10H2,1H3. The summed E-state index contributed by atoms with van der Waals surface area (Å²) in [4.78, 5) is 26.8. The van der Waals surface area contributed by atoms with Gasteiger partial charge in [-0.2, -0.15) is 0 Å². The lowest BCUT2D eigenvalue weighted by molar-refractivity contribution is 0.0926. The number of aryl methyl sites for hydroxylation is 1. The van der Waals surface area contributed by atoms with Crippen LogP contribution in [-0.2, 0) is 0 Å². The Hall–Kier alpha value is -2.37. The number of aliphatic hydroxyl groups excluding tert-OH is 1. The zero-order valence-corrected chi connectivity index (χ0v) is 13.9. The molecule has 0 fully saturated rings. The first kappa shape index (κ1) is 16.5. The van der Waals surface area contributed by atoms with Gasteiger partial charge in [-0.1, -0.05) is 24.3 Å². The molecule has 124 valence electrons. The number of amides is 2. The molecule has 0 radical (unpaired) electrons. The number of hydrogen-bond acceptors (Lipinski definition) is 4. The van der Waals surface area contributed by atoms with Gasteiger partial charge in [0, 0.05) is 12.2 Å². The van der Waals surface area contributed by atoms with E-state index in [1.807, 2.05) is 19.1 Å². The first-order chi connectivity index (χ1) is 11.5. The summed E-state index contributed by atoms with van der Waals surface area (Å²) >= 11 is 5.59. The number of imide groups is 1. The summed E-state index contributed by atoms with van der Waals surface area (Å²) in [6, 6.07) is 12.3. The first-order valence-corrected chi connectivity index (χ1v) is 8.13. The van der Waals surface area contributed by atoms with E-state index < -0.39 is 6.10 Å². The normalized spacial score (nSPS) is 14.7. The third-order valence-electron chi connectivity index (χ3n) is 3.98. The van der Waals surface area contributed by atoms with E-state index in [0.29, 0.717) is 22.5 Å². The fraction of sp³-hybridized carbons (Fsp3) is 0.222. The quantitative estimate of drug-likeness (QED) is 0.646. The molecule has 2 aromatic carbocycles. The molecule has 5 nitrogen and oxygen atoms in total. The second-order valence-electron chi connectivity index (χ2n) is 5.65. The SMILES string of the molecule is Cc1ccccc1N1C(=O)c2cccc(NCC(O)CCl)c2C1=O. The molecule has 2 aromatic rings. The van der Waals surface area contributed by atoms with Gasteiger partial charge in [0.2, 0.25) is 0 Å². The predicted molar refractivity (Wildman–Crippen MR) is 94.0 cm³/mol. The van der Waals surface area contributed by atoms with Gasteiger partial charge in [-0.15, -0.1) is 11.6 Å². The minimum atomic E-state index is -0.734. The molecule has 3 rings (SSSR count). The van der Waals surface area contributed by atoms with Gasteiger partial charge in [0.05, 0.1) is 28.8 Å². The Morgan fingerprint density at radius 3 is 2.58 bits per heavy atom. The zero-order chi connectivity index (χ0) is 17.3. The van der Waals surface area contributed by atoms with Crippen LogP contribution in [0.2, 0.25) is 0 Å². The second kappa shape index (κ2) is 6.63. The average Bonchev–Trinajstić information content (AvgIpc) is 2.85. The van der Waals surface area contributed by atoms with Crippen molar-refractivity contribution in [1.29, 1.82) is 0 Å². The van der Waals surface area contributed by atoms with Crippen LogP contribution in [0, 0.1) is 6.92 Å². The molecule has 1 aliphatic rings. The van der Waals surface area contributed by atoms with Crippen molar-refractivity contribution in [1.82, 2.24) is 0 Å². The van der Waals surface area contributed by atoms with Crippen molar-refractivity contribution in [2.45, 2.75) is 13.0 Å². The van der Waals surface area contributed by atoms with Crippen molar-refractivity contribution in [2.75, 3.05) is 22.6 Å². The van der Waals surface area contributed by atoms with Crippen molar-refractivity contribution in [3.63, 3.8) is 0 Å². The molecule has 2 amide bonds. The molecular formula is C18H17ClN2O3. The summed E-state index contributed by atoms with van der Waals surface area (Å²) in [5.74, 6) is -0.622. The Morgan fingerprint density at radius 1 is 1.12 bits per heavy atom. The van der Waals surface area contributed by atoms with Crippen molar-refractivity contribution < 1.29 is 14.7 Å². The Kier molecular flexibility index (Phi) is 4.55. The highest BCUT2D eigenvalue weighted by Crippen LogP contribution is 2.34. The lowest BCUT2D eigenvalue weighted by Crippen LogP contribution is -2.30. The molecule has 0 spiro atoms. The molecule has 0 saturated heterocycles. The number of fused-ring (bicyclic) bond motifs is 1. The van der Waals surface area contributed by atoms with Crippen molar-refractivity contribution in [3.8, 4) is 0 Å². The Labute approximate surface area is 144 Å².